The third kappa shape index (κ3) is 2.15. The fraction of sp³-hybridized carbons (Fsp3) is 0.150. The Bertz CT molecular complexity index is 990. The van der Waals surface area contributed by atoms with Crippen LogP contribution in [-0.4, -0.2) is 17.5 Å². The molecule has 0 spiro atoms. The Morgan fingerprint density at radius 3 is 2.58 bits per heavy atom. The van der Waals surface area contributed by atoms with Gasteiger partial charge in [-0.25, -0.2) is 0 Å². The highest BCUT2D eigenvalue weighted by Crippen LogP contribution is 2.45. The molecule has 0 radical (unpaired) electrons. The van der Waals surface area contributed by atoms with E-state index in [9.17, 15) is 9.59 Å². The van der Waals surface area contributed by atoms with Gasteiger partial charge in [-0.2, -0.15) is 0 Å². The van der Waals surface area contributed by atoms with Gasteiger partial charge >= 0.3 is 0 Å². The van der Waals surface area contributed by atoms with Crippen LogP contribution in [0.15, 0.2) is 53.1 Å². The zero-order valence-corrected chi connectivity index (χ0v) is 14.3. The second-order valence-electron chi connectivity index (χ2n) is 6.17. The molecule has 2 aromatic carbocycles. The van der Waals surface area contributed by atoms with Crippen molar-refractivity contribution in [3.05, 3.63) is 71.1 Å². The standard InChI is InChI=1S/C20H16N2O4/c1-12-18(13(2)26-22-12)14-8-9-17-16(10-14)20(25-11-23,19(24)21-17)15-6-4-3-5-7-15/h3-11H,1-2H3,(H,21,24). The van der Waals surface area contributed by atoms with Gasteiger partial charge in [-0.15, -0.1) is 0 Å². The highest BCUT2D eigenvalue weighted by atomic mass is 16.5. The molecule has 2 heterocycles. The summed E-state index contributed by atoms with van der Waals surface area (Å²) in [4.78, 5) is 24.1. The average Bonchev–Trinajstić information content (AvgIpc) is 3.13. The lowest BCUT2D eigenvalue weighted by molar-refractivity contribution is -0.150. The van der Waals surface area contributed by atoms with Gasteiger partial charge in [0, 0.05) is 22.4 Å². The van der Waals surface area contributed by atoms with Crippen molar-refractivity contribution in [3.63, 3.8) is 0 Å². The third-order valence-corrected chi connectivity index (χ3v) is 4.69. The average molecular weight is 348 g/mol. The molecule has 1 N–H and O–H groups in total. The molecule has 0 aliphatic carbocycles. The molecular formula is C20H16N2O4. The molecule has 1 aliphatic rings. The summed E-state index contributed by atoms with van der Waals surface area (Å²) < 4.78 is 10.7. The third-order valence-electron chi connectivity index (χ3n) is 4.69. The van der Waals surface area contributed by atoms with Gasteiger partial charge in [-0.3, -0.25) is 9.59 Å². The van der Waals surface area contributed by atoms with Crippen LogP contribution in [0.3, 0.4) is 0 Å². The molecule has 0 saturated heterocycles. The van der Waals surface area contributed by atoms with E-state index in [0.717, 1.165) is 16.8 Å². The molecule has 0 fully saturated rings. The number of aryl methyl sites for hydroxylation is 2. The van der Waals surface area contributed by atoms with Gasteiger partial charge in [0.15, 0.2) is 0 Å². The summed E-state index contributed by atoms with van der Waals surface area (Å²) in [7, 11) is 0. The predicted octanol–water partition coefficient (Wildman–Crippen LogP) is 3.33. The molecule has 1 atom stereocenters. The smallest absolute Gasteiger partial charge is 0.294 e. The lowest BCUT2D eigenvalue weighted by Crippen LogP contribution is -2.38. The molecule has 4 rings (SSSR count). The molecule has 1 amide bonds. The number of fused-ring (bicyclic) bond motifs is 1. The molecule has 1 aromatic heterocycles. The SMILES string of the molecule is Cc1noc(C)c1-c1ccc2c(c1)C(OC=O)(c1ccccc1)C(=O)N2. The van der Waals surface area contributed by atoms with E-state index < -0.39 is 11.5 Å². The van der Waals surface area contributed by atoms with Gasteiger partial charge in [-0.1, -0.05) is 41.6 Å². The molecule has 0 bridgehead atoms. The first-order chi connectivity index (χ1) is 12.6. The molecule has 1 unspecified atom stereocenters. The quantitative estimate of drug-likeness (QED) is 0.732. The van der Waals surface area contributed by atoms with Crippen LogP contribution in [0.25, 0.3) is 11.1 Å². The maximum absolute atomic E-state index is 12.8. The number of benzene rings is 2. The van der Waals surface area contributed by atoms with Gasteiger partial charge in [0.2, 0.25) is 5.60 Å². The van der Waals surface area contributed by atoms with Crippen molar-refractivity contribution >= 4 is 18.1 Å². The zero-order chi connectivity index (χ0) is 18.3. The summed E-state index contributed by atoms with van der Waals surface area (Å²) in [5, 5.41) is 6.80. The normalized spacial score (nSPS) is 18.3. The van der Waals surface area contributed by atoms with Gasteiger partial charge in [0.05, 0.1) is 5.69 Å². The molecule has 26 heavy (non-hydrogen) atoms. The molecule has 1 aliphatic heterocycles. The monoisotopic (exact) mass is 348 g/mol. The lowest BCUT2D eigenvalue weighted by atomic mass is 9.85. The predicted molar refractivity (Wildman–Crippen MR) is 94.4 cm³/mol. The first-order valence-electron chi connectivity index (χ1n) is 8.14. The number of rotatable bonds is 4. The van der Waals surface area contributed by atoms with Crippen LogP contribution in [0.5, 0.6) is 0 Å². The van der Waals surface area contributed by atoms with Gasteiger partial charge in [0.1, 0.15) is 5.76 Å². The Labute approximate surface area is 149 Å². The van der Waals surface area contributed by atoms with Crippen LogP contribution in [0.4, 0.5) is 5.69 Å². The van der Waals surface area contributed by atoms with E-state index >= 15 is 0 Å². The number of ether oxygens (including phenoxy) is 1. The largest absolute Gasteiger partial charge is 0.441 e. The zero-order valence-electron chi connectivity index (χ0n) is 14.3. The van der Waals surface area contributed by atoms with Crippen LogP contribution >= 0.6 is 0 Å². The van der Waals surface area contributed by atoms with Crippen molar-refractivity contribution in [2.45, 2.75) is 19.4 Å². The topological polar surface area (TPSA) is 81.4 Å². The molecule has 130 valence electrons. The minimum Gasteiger partial charge on any atom is -0.441 e. The number of carbonyl (C=O) groups excluding carboxylic acids is 2. The first kappa shape index (κ1) is 16.1. The van der Waals surface area contributed by atoms with Crippen LogP contribution in [-0.2, 0) is 19.9 Å². The fourth-order valence-electron chi connectivity index (χ4n) is 3.54. The van der Waals surface area contributed by atoms with E-state index in [1.807, 2.05) is 32.0 Å². The number of carbonyl (C=O) groups is 2. The van der Waals surface area contributed by atoms with E-state index in [1.165, 1.54) is 0 Å². The van der Waals surface area contributed by atoms with Crippen molar-refractivity contribution in [1.82, 2.24) is 5.16 Å². The van der Waals surface area contributed by atoms with E-state index in [1.54, 1.807) is 30.3 Å². The highest BCUT2D eigenvalue weighted by Gasteiger charge is 2.51. The number of hydrogen-bond donors (Lipinski definition) is 1. The van der Waals surface area contributed by atoms with E-state index in [4.69, 9.17) is 9.26 Å². The van der Waals surface area contributed by atoms with E-state index in [-0.39, 0.29) is 0 Å². The molecule has 0 saturated carbocycles. The van der Waals surface area contributed by atoms with Crippen molar-refractivity contribution in [2.75, 3.05) is 5.32 Å². The fourth-order valence-corrected chi connectivity index (χ4v) is 3.54. The van der Waals surface area contributed by atoms with Gasteiger partial charge in [-0.05, 0) is 31.5 Å². The number of aromatic nitrogens is 1. The van der Waals surface area contributed by atoms with Crippen LogP contribution < -0.4 is 5.32 Å². The minimum atomic E-state index is -1.52. The molecule has 3 aromatic rings. The summed E-state index contributed by atoms with van der Waals surface area (Å²) >= 11 is 0. The minimum absolute atomic E-state index is 0.310. The Hall–Kier alpha value is -3.41. The van der Waals surface area contributed by atoms with Crippen LogP contribution in [0, 0.1) is 13.8 Å². The van der Waals surface area contributed by atoms with Crippen molar-refractivity contribution in [2.24, 2.45) is 0 Å². The Morgan fingerprint density at radius 1 is 1.15 bits per heavy atom. The second-order valence-corrected chi connectivity index (χ2v) is 6.17. The molecule has 6 nitrogen and oxygen atoms in total. The van der Waals surface area contributed by atoms with Crippen LogP contribution in [0.2, 0.25) is 0 Å². The number of nitrogens with zero attached hydrogens (tertiary/aromatic N) is 1. The maximum atomic E-state index is 12.8. The van der Waals surface area contributed by atoms with E-state index in [2.05, 4.69) is 10.5 Å². The first-order valence-corrected chi connectivity index (χ1v) is 8.14. The number of anilines is 1. The second kappa shape index (κ2) is 5.84. The van der Waals surface area contributed by atoms with E-state index in [0.29, 0.717) is 29.0 Å². The summed E-state index contributed by atoms with van der Waals surface area (Å²) in [6, 6.07) is 14.5. The molecule has 6 heteroatoms. The lowest BCUT2D eigenvalue weighted by Gasteiger charge is -2.26. The van der Waals surface area contributed by atoms with Crippen molar-refractivity contribution in [3.8, 4) is 11.1 Å². The summed E-state index contributed by atoms with van der Waals surface area (Å²) in [5.41, 5.74) is 2.70. The summed E-state index contributed by atoms with van der Waals surface area (Å²) in [6.07, 6.45) is 0. The van der Waals surface area contributed by atoms with Gasteiger partial charge in [0.25, 0.3) is 12.4 Å². The highest BCUT2D eigenvalue weighted by molar-refractivity contribution is 6.08. The van der Waals surface area contributed by atoms with Crippen LogP contribution in [0.1, 0.15) is 22.6 Å². The van der Waals surface area contributed by atoms with Crippen molar-refractivity contribution in [1.29, 1.82) is 0 Å². The maximum Gasteiger partial charge on any atom is 0.294 e. The van der Waals surface area contributed by atoms with Gasteiger partial charge < -0.3 is 14.6 Å². The van der Waals surface area contributed by atoms with Crippen molar-refractivity contribution < 1.29 is 18.8 Å². The Kier molecular flexibility index (Phi) is 3.61. The summed E-state index contributed by atoms with van der Waals surface area (Å²) in [5.74, 6) is 0.281. The molecular weight excluding hydrogens is 332 g/mol. The summed E-state index contributed by atoms with van der Waals surface area (Å²) in [6.45, 7) is 4.00. The number of amides is 1. The number of hydrogen-bond acceptors (Lipinski definition) is 5. The Morgan fingerprint density at radius 2 is 1.92 bits per heavy atom. The Balaban J connectivity index is 1.97. The number of nitrogens with one attached hydrogen (secondary N) is 1.